The predicted octanol–water partition coefficient (Wildman–Crippen LogP) is -0.956. The van der Waals surface area contributed by atoms with E-state index in [1.807, 2.05) is 0 Å². The number of aryl methyl sites for hydroxylation is 1. The van der Waals surface area contributed by atoms with Gasteiger partial charge in [-0.15, -0.1) is 0 Å². The molecule has 18 heavy (non-hydrogen) atoms. The Bertz CT molecular complexity index is 533. The topological polar surface area (TPSA) is 100 Å². The Morgan fingerprint density at radius 3 is 2.67 bits per heavy atom. The van der Waals surface area contributed by atoms with Gasteiger partial charge in [-0.1, -0.05) is 0 Å². The second-order valence-corrected chi connectivity index (χ2v) is 5.72. The van der Waals surface area contributed by atoms with Crippen LogP contribution in [0.3, 0.4) is 0 Å². The summed E-state index contributed by atoms with van der Waals surface area (Å²) in [6, 6.07) is 1.28. The minimum absolute atomic E-state index is 0.00995. The van der Waals surface area contributed by atoms with Crippen molar-refractivity contribution in [2.24, 2.45) is 7.05 Å². The molecule has 102 valence electrons. The Hall–Kier alpha value is -1.38. The van der Waals surface area contributed by atoms with E-state index in [1.165, 1.54) is 30.8 Å². The van der Waals surface area contributed by atoms with E-state index < -0.39 is 16.1 Å². The third kappa shape index (κ3) is 3.31. The zero-order valence-electron chi connectivity index (χ0n) is 10.5. The summed E-state index contributed by atoms with van der Waals surface area (Å²) in [4.78, 5) is 11.4. The lowest BCUT2D eigenvalue weighted by Gasteiger charge is -2.06. The fourth-order valence-electron chi connectivity index (χ4n) is 1.35. The van der Waals surface area contributed by atoms with E-state index in [2.05, 4.69) is 10.0 Å². The minimum Gasteiger partial charge on any atom is -0.392 e. The lowest BCUT2D eigenvalue weighted by Crippen LogP contribution is -2.30. The van der Waals surface area contributed by atoms with Gasteiger partial charge in [0.25, 0.3) is 5.91 Å². The highest BCUT2D eigenvalue weighted by Crippen LogP contribution is 2.13. The second-order valence-electron chi connectivity index (χ2n) is 3.95. The number of sulfonamides is 1. The van der Waals surface area contributed by atoms with Gasteiger partial charge >= 0.3 is 0 Å². The molecule has 1 amide bonds. The molecule has 1 rings (SSSR count). The largest absolute Gasteiger partial charge is 0.392 e. The van der Waals surface area contributed by atoms with Crippen molar-refractivity contribution >= 4 is 15.9 Å². The van der Waals surface area contributed by atoms with Crippen molar-refractivity contribution in [2.45, 2.75) is 17.9 Å². The Kier molecular flexibility index (Phi) is 4.49. The molecule has 3 N–H and O–H groups in total. The van der Waals surface area contributed by atoms with E-state index in [-0.39, 0.29) is 23.0 Å². The number of aliphatic hydroxyl groups is 1. The van der Waals surface area contributed by atoms with Crippen LogP contribution in [0, 0.1) is 0 Å². The highest BCUT2D eigenvalue weighted by atomic mass is 32.2. The van der Waals surface area contributed by atoms with Gasteiger partial charge in [0, 0.05) is 26.8 Å². The molecule has 1 aromatic heterocycles. The van der Waals surface area contributed by atoms with Crippen LogP contribution < -0.4 is 10.0 Å². The Balaban J connectivity index is 3.00. The summed E-state index contributed by atoms with van der Waals surface area (Å²) < 4.78 is 27.4. The predicted molar refractivity (Wildman–Crippen MR) is 65.7 cm³/mol. The van der Waals surface area contributed by atoms with Gasteiger partial charge in [0.2, 0.25) is 10.0 Å². The van der Waals surface area contributed by atoms with E-state index >= 15 is 0 Å². The molecule has 0 aromatic carbocycles. The monoisotopic (exact) mass is 275 g/mol. The molecule has 1 aromatic rings. The van der Waals surface area contributed by atoms with Crippen LogP contribution >= 0.6 is 0 Å². The molecule has 0 spiro atoms. The van der Waals surface area contributed by atoms with E-state index in [9.17, 15) is 13.2 Å². The van der Waals surface area contributed by atoms with Gasteiger partial charge in [-0.05, 0) is 13.0 Å². The molecule has 0 saturated carbocycles. The van der Waals surface area contributed by atoms with Crippen molar-refractivity contribution in [3.63, 3.8) is 0 Å². The van der Waals surface area contributed by atoms with Gasteiger partial charge in [0.05, 0.1) is 6.10 Å². The highest BCUT2D eigenvalue weighted by Gasteiger charge is 2.20. The number of aromatic nitrogens is 1. The lowest BCUT2D eigenvalue weighted by atomic mass is 10.4. The standard InChI is InChI=1S/C10H17N3O4S/c1-7(14)5-12-18(16,17)8-4-9(10(15)11-2)13(3)6-8/h4,6-7,12,14H,5H2,1-3H3,(H,11,15)/t7-/m1/s1. The third-order valence-corrected chi connectivity index (χ3v) is 3.71. The second kappa shape index (κ2) is 5.51. The Morgan fingerprint density at radius 1 is 1.56 bits per heavy atom. The molecule has 0 radical (unpaired) electrons. The zero-order valence-corrected chi connectivity index (χ0v) is 11.3. The first-order valence-corrected chi connectivity index (χ1v) is 6.82. The van der Waals surface area contributed by atoms with Gasteiger partial charge in [0.1, 0.15) is 10.6 Å². The summed E-state index contributed by atoms with van der Waals surface area (Å²) in [5.74, 6) is -0.366. The first-order valence-electron chi connectivity index (χ1n) is 5.34. The Labute approximate surface area is 106 Å². The summed E-state index contributed by atoms with van der Waals surface area (Å²) in [6.45, 7) is 1.40. The van der Waals surface area contributed by atoms with E-state index in [0.29, 0.717) is 0 Å². The number of carbonyl (C=O) groups excluding carboxylic acids is 1. The summed E-state index contributed by atoms with van der Waals surface area (Å²) in [6.07, 6.45) is 0.566. The smallest absolute Gasteiger partial charge is 0.267 e. The van der Waals surface area contributed by atoms with Gasteiger partial charge < -0.3 is 15.0 Å². The molecule has 0 aliphatic rings. The highest BCUT2D eigenvalue weighted by molar-refractivity contribution is 7.89. The molecule has 7 nitrogen and oxygen atoms in total. The van der Waals surface area contributed by atoms with Crippen molar-refractivity contribution in [3.05, 3.63) is 18.0 Å². The number of nitrogens with zero attached hydrogens (tertiary/aromatic N) is 1. The quantitative estimate of drug-likeness (QED) is 0.644. The van der Waals surface area contributed by atoms with Crippen molar-refractivity contribution in [2.75, 3.05) is 13.6 Å². The maximum atomic E-state index is 11.8. The SMILES string of the molecule is CNC(=O)c1cc(S(=O)(=O)NC[C@@H](C)O)cn1C. The first-order chi connectivity index (χ1) is 8.27. The summed E-state index contributed by atoms with van der Waals surface area (Å²) >= 11 is 0. The summed E-state index contributed by atoms with van der Waals surface area (Å²) in [5.41, 5.74) is 0.245. The van der Waals surface area contributed by atoms with Crippen LogP contribution in [0.1, 0.15) is 17.4 Å². The van der Waals surface area contributed by atoms with Gasteiger partial charge in [-0.25, -0.2) is 13.1 Å². The van der Waals surface area contributed by atoms with Gasteiger partial charge in [-0.3, -0.25) is 4.79 Å². The Morgan fingerprint density at radius 2 is 2.17 bits per heavy atom. The summed E-state index contributed by atoms with van der Waals surface area (Å²) in [7, 11) is -0.661. The fourth-order valence-corrected chi connectivity index (χ4v) is 2.54. The third-order valence-electron chi connectivity index (χ3n) is 2.32. The molecule has 0 aliphatic carbocycles. The van der Waals surface area contributed by atoms with Crippen molar-refractivity contribution in [1.29, 1.82) is 0 Å². The maximum absolute atomic E-state index is 11.8. The average molecular weight is 275 g/mol. The van der Waals surface area contributed by atoms with Crippen LogP contribution in [0.15, 0.2) is 17.2 Å². The van der Waals surface area contributed by atoms with Gasteiger partial charge in [-0.2, -0.15) is 0 Å². The van der Waals surface area contributed by atoms with Crippen LogP contribution in [0.4, 0.5) is 0 Å². The minimum atomic E-state index is -3.71. The number of aliphatic hydroxyl groups excluding tert-OH is 1. The lowest BCUT2D eigenvalue weighted by molar-refractivity contribution is 0.0955. The number of hydrogen-bond donors (Lipinski definition) is 3. The van der Waals surface area contributed by atoms with Crippen LogP contribution in [-0.4, -0.2) is 43.7 Å². The number of nitrogens with one attached hydrogen (secondary N) is 2. The number of amides is 1. The van der Waals surface area contributed by atoms with E-state index in [4.69, 9.17) is 5.11 Å². The molecule has 1 atom stereocenters. The molecule has 0 saturated heterocycles. The van der Waals surface area contributed by atoms with Crippen molar-refractivity contribution in [3.8, 4) is 0 Å². The molecule has 0 fully saturated rings. The van der Waals surface area contributed by atoms with Crippen LogP contribution in [-0.2, 0) is 17.1 Å². The van der Waals surface area contributed by atoms with Gasteiger partial charge in [0.15, 0.2) is 0 Å². The van der Waals surface area contributed by atoms with Crippen LogP contribution in [0.2, 0.25) is 0 Å². The number of hydrogen-bond acceptors (Lipinski definition) is 4. The van der Waals surface area contributed by atoms with Crippen LogP contribution in [0.5, 0.6) is 0 Å². The molecule has 0 bridgehead atoms. The first kappa shape index (κ1) is 14.7. The molecule has 8 heteroatoms. The molecule has 1 heterocycles. The number of rotatable bonds is 5. The average Bonchev–Trinajstić information content (AvgIpc) is 2.68. The molecule has 0 unspecified atom stereocenters. The van der Waals surface area contributed by atoms with Crippen molar-refractivity contribution in [1.82, 2.24) is 14.6 Å². The van der Waals surface area contributed by atoms with E-state index in [1.54, 1.807) is 7.05 Å². The molecule has 0 aliphatic heterocycles. The van der Waals surface area contributed by atoms with Crippen molar-refractivity contribution < 1.29 is 18.3 Å². The van der Waals surface area contributed by atoms with Crippen LogP contribution in [0.25, 0.3) is 0 Å². The fraction of sp³-hybridized carbons (Fsp3) is 0.500. The molecular weight excluding hydrogens is 258 g/mol. The summed E-state index contributed by atoms with van der Waals surface area (Å²) in [5, 5.41) is 11.5. The normalized spacial score (nSPS) is 13.3. The number of carbonyl (C=O) groups is 1. The maximum Gasteiger partial charge on any atom is 0.267 e. The molecular formula is C10H17N3O4S. The van der Waals surface area contributed by atoms with E-state index in [0.717, 1.165) is 0 Å². The zero-order chi connectivity index (χ0) is 13.9.